The van der Waals surface area contributed by atoms with Crippen LogP contribution in [-0.4, -0.2) is 66.4 Å². The summed E-state index contributed by atoms with van der Waals surface area (Å²) < 4.78 is 10.9. The number of aryl methyl sites for hydroxylation is 1. The number of hydrogen-bond donors (Lipinski definition) is 2. The molecule has 1 aliphatic heterocycles. The predicted octanol–water partition coefficient (Wildman–Crippen LogP) is 2.46. The van der Waals surface area contributed by atoms with Gasteiger partial charge in [0.15, 0.2) is 11.8 Å². The molecular formula is C22H34N6O2. The van der Waals surface area contributed by atoms with Crippen LogP contribution in [0.5, 0.6) is 0 Å². The van der Waals surface area contributed by atoms with Crippen molar-refractivity contribution in [3.63, 3.8) is 0 Å². The molecule has 0 bridgehead atoms. The Morgan fingerprint density at radius 2 is 2.07 bits per heavy atom. The molecule has 1 unspecified atom stereocenters. The quantitative estimate of drug-likeness (QED) is 0.481. The molecule has 0 saturated carbocycles. The zero-order chi connectivity index (χ0) is 21.2. The van der Waals surface area contributed by atoms with Crippen molar-refractivity contribution in [1.82, 2.24) is 25.7 Å². The molecule has 164 valence electrons. The molecule has 2 aromatic rings. The highest BCUT2D eigenvalue weighted by Crippen LogP contribution is 2.19. The van der Waals surface area contributed by atoms with E-state index in [0.29, 0.717) is 18.5 Å². The number of guanidine groups is 1. The Morgan fingerprint density at radius 1 is 1.23 bits per heavy atom. The van der Waals surface area contributed by atoms with Gasteiger partial charge in [-0.15, -0.1) is 0 Å². The fourth-order valence-electron chi connectivity index (χ4n) is 3.40. The maximum atomic E-state index is 5.44. The average molecular weight is 415 g/mol. The first-order valence-corrected chi connectivity index (χ1v) is 11.0. The number of nitrogens with one attached hydrogen (secondary N) is 2. The van der Waals surface area contributed by atoms with E-state index in [1.807, 2.05) is 12.1 Å². The second-order valence-electron chi connectivity index (χ2n) is 7.54. The lowest BCUT2D eigenvalue weighted by Crippen LogP contribution is -2.49. The van der Waals surface area contributed by atoms with Crippen molar-refractivity contribution < 1.29 is 9.26 Å². The van der Waals surface area contributed by atoms with E-state index in [9.17, 15) is 0 Å². The molecule has 0 radical (unpaired) electrons. The van der Waals surface area contributed by atoms with E-state index >= 15 is 0 Å². The van der Waals surface area contributed by atoms with Crippen LogP contribution in [0.15, 0.2) is 33.8 Å². The summed E-state index contributed by atoms with van der Waals surface area (Å²) in [5, 5.41) is 10.8. The maximum Gasteiger partial charge on any atom is 0.257 e. The highest BCUT2D eigenvalue weighted by molar-refractivity contribution is 5.79. The molecule has 1 atom stereocenters. The van der Waals surface area contributed by atoms with Crippen molar-refractivity contribution >= 4 is 5.96 Å². The number of hydrogen-bond acceptors (Lipinski definition) is 6. The molecule has 0 amide bonds. The van der Waals surface area contributed by atoms with Crippen LogP contribution < -0.4 is 10.6 Å². The van der Waals surface area contributed by atoms with E-state index in [-0.39, 0.29) is 0 Å². The van der Waals surface area contributed by atoms with Crippen LogP contribution >= 0.6 is 0 Å². The molecule has 1 aromatic carbocycles. The summed E-state index contributed by atoms with van der Waals surface area (Å²) in [6.07, 6.45) is 1.83. The molecule has 1 aliphatic rings. The van der Waals surface area contributed by atoms with Crippen molar-refractivity contribution in [2.75, 3.05) is 39.4 Å². The highest BCUT2D eigenvalue weighted by Gasteiger charge is 2.17. The molecule has 0 spiro atoms. The van der Waals surface area contributed by atoms with Crippen LogP contribution in [0.4, 0.5) is 0 Å². The standard InChI is InChI=1S/C22H34N6O2/c1-4-7-20-26-21(30-27-20)19-9-6-8-18(14-19)16-25-22(23-5-2)24-15-17(3)28-10-12-29-13-11-28/h6,8-9,14,17H,4-5,7,10-13,15-16H2,1-3H3,(H2,23,24,25). The lowest BCUT2D eigenvalue weighted by atomic mass is 10.1. The summed E-state index contributed by atoms with van der Waals surface area (Å²) >= 11 is 0. The van der Waals surface area contributed by atoms with Gasteiger partial charge in [-0.3, -0.25) is 4.90 Å². The third kappa shape index (κ3) is 6.53. The van der Waals surface area contributed by atoms with Crippen LogP contribution in [0.25, 0.3) is 11.5 Å². The van der Waals surface area contributed by atoms with E-state index < -0.39 is 0 Å². The minimum Gasteiger partial charge on any atom is -0.379 e. The number of nitrogens with zero attached hydrogens (tertiary/aromatic N) is 4. The largest absolute Gasteiger partial charge is 0.379 e. The van der Waals surface area contributed by atoms with Crippen molar-refractivity contribution in [2.45, 2.75) is 46.2 Å². The van der Waals surface area contributed by atoms with Gasteiger partial charge in [0, 0.05) is 44.2 Å². The molecule has 2 N–H and O–H groups in total. The first-order valence-electron chi connectivity index (χ1n) is 11.0. The Bertz CT molecular complexity index is 800. The van der Waals surface area contributed by atoms with Gasteiger partial charge in [0.25, 0.3) is 5.89 Å². The SMILES string of the molecule is CCCc1noc(-c2cccc(CN=C(NCC)NCC(C)N3CCOCC3)c2)n1. The summed E-state index contributed by atoms with van der Waals surface area (Å²) in [6, 6.07) is 8.55. The second-order valence-corrected chi connectivity index (χ2v) is 7.54. The molecule has 2 heterocycles. The van der Waals surface area contributed by atoms with Crippen LogP contribution in [0.1, 0.15) is 38.6 Å². The number of aromatic nitrogens is 2. The van der Waals surface area contributed by atoms with Crippen molar-refractivity contribution in [3.05, 3.63) is 35.7 Å². The topological polar surface area (TPSA) is 87.8 Å². The van der Waals surface area contributed by atoms with Crippen LogP contribution in [0.3, 0.4) is 0 Å². The smallest absolute Gasteiger partial charge is 0.257 e. The first-order chi connectivity index (χ1) is 14.7. The van der Waals surface area contributed by atoms with Gasteiger partial charge in [-0.25, -0.2) is 4.99 Å². The number of aliphatic imine (C=N–C) groups is 1. The van der Waals surface area contributed by atoms with E-state index in [4.69, 9.17) is 14.3 Å². The van der Waals surface area contributed by atoms with E-state index in [2.05, 4.69) is 58.6 Å². The molecule has 1 fully saturated rings. The van der Waals surface area contributed by atoms with Crippen molar-refractivity contribution in [1.29, 1.82) is 0 Å². The van der Waals surface area contributed by atoms with Gasteiger partial charge in [-0.1, -0.05) is 24.2 Å². The van der Waals surface area contributed by atoms with Gasteiger partial charge in [0.1, 0.15) is 0 Å². The van der Waals surface area contributed by atoms with Gasteiger partial charge >= 0.3 is 0 Å². The van der Waals surface area contributed by atoms with Gasteiger partial charge < -0.3 is 19.9 Å². The van der Waals surface area contributed by atoms with Crippen molar-refractivity contribution in [3.8, 4) is 11.5 Å². The van der Waals surface area contributed by atoms with Crippen molar-refractivity contribution in [2.24, 2.45) is 4.99 Å². The molecule has 1 saturated heterocycles. The fraction of sp³-hybridized carbons (Fsp3) is 0.591. The van der Waals surface area contributed by atoms with E-state index in [1.165, 1.54) is 0 Å². The lowest BCUT2D eigenvalue weighted by Gasteiger charge is -2.32. The number of rotatable bonds is 9. The number of benzene rings is 1. The summed E-state index contributed by atoms with van der Waals surface area (Å²) in [5.74, 6) is 2.14. The molecule has 8 heteroatoms. The predicted molar refractivity (Wildman–Crippen MR) is 118 cm³/mol. The maximum absolute atomic E-state index is 5.44. The van der Waals surface area contributed by atoms with Crippen LogP contribution in [0, 0.1) is 0 Å². The van der Waals surface area contributed by atoms with Gasteiger partial charge in [0.05, 0.1) is 19.8 Å². The highest BCUT2D eigenvalue weighted by atomic mass is 16.5. The summed E-state index contributed by atoms with van der Waals surface area (Å²) in [6.45, 7) is 12.3. The molecule has 8 nitrogen and oxygen atoms in total. The van der Waals surface area contributed by atoms with Gasteiger partial charge in [-0.2, -0.15) is 4.98 Å². The molecule has 3 rings (SSSR count). The van der Waals surface area contributed by atoms with Gasteiger partial charge in [-0.05, 0) is 38.0 Å². The normalized spacial score (nSPS) is 16.4. The third-order valence-electron chi connectivity index (χ3n) is 5.11. The minimum atomic E-state index is 0.427. The fourth-order valence-corrected chi connectivity index (χ4v) is 3.40. The van der Waals surface area contributed by atoms with Crippen LogP contribution in [-0.2, 0) is 17.7 Å². The van der Waals surface area contributed by atoms with Gasteiger partial charge in [0.2, 0.25) is 0 Å². The average Bonchev–Trinajstić information content (AvgIpc) is 3.25. The third-order valence-corrected chi connectivity index (χ3v) is 5.11. The number of morpholine rings is 1. The number of ether oxygens (including phenoxy) is 1. The second kappa shape index (κ2) is 11.7. The molecular weight excluding hydrogens is 380 g/mol. The molecule has 30 heavy (non-hydrogen) atoms. The Labute approximate surface area is 179 Å². The Hall–Kier alpha value is -2.45. The lowest BCUT2D eigenvalue weighted by molar-refractivity contribution is 0.0211. The monoisotopic (exact) mass is 414 g/mol. The Balaban J connectivity index is 1.59. The minimum absolute atomic E-state index is 0.427. The summed E-state index contributed by atoms with van der Waals surface area (Å²) in [5.41, 5.74) is 2.03. The summed E-state index contributed by atoms with van der Waals surface area (Å²) in [4.78, 5) is 11.7. The Kier molecular flexibility index (Phi) is 8.65. The van der Waals surface area contributed by atoms with Crippen LogP contribution in [0.2, 0.25) is 0 Å². The van der Waals surface area contributed by atoms with E-state index in [1.54, 1.807) is 0 Å². The summed E-state index contributed by atoms with van der Waals surface area (Å²) in [7, 11) is 0. The molecule has 0 aliphatic carbocycles. The Morgan fingerprint density at radius 3 is 2.83 bits per heavy atom. The zero-order valence-corrected chi connectivity index (χ0v) is 18.4. The first kappa shape index (κ1) is 22.2. The molecule has 1 aromatic heterocycles. The zero-order valence-electron chi connectivity index (χ0n) is 18.4. The van der Waals surface area contributed by atoms with E-state index in [0.717, 1.165) is 75.1 Å².